The Morgan fingerprint density at radius 3 is 2.56 bits per heavy atom. The van der Waals surface area contributed by atoms with Gasteiger partial charge in [-0.15, -0.1) is 0 Å². The molecule has 1 atom stereocenters. The predicted molar refractivity (Wildman–Crippen MR) is 131 cm³/mol. The van der Waals surface area contributed by atoms with Gasteiger partial charge in [0.15, 0.2) is 0 Å². The van der Waals surface area contributed by atoms with E-state index in [0.717, 1.165) is 50.4 Å². The van der Waals surface area contributed by atoms with E-state index in [1.54, 1.807) is 19.1 Å². The summed E-state index contributed by atoms with van der Waals surface area (Å²) in [6.07, 6.45) is 1.04. The Kier molecular flexibility index (Phi) is 9.88. The van der Waals surface area contributed by atoms with Gasteiger partial charge in [-0.25, -0.2) is 8.42 Å². The van der Waals surface area contributed by atoms with Crippen LogP contribution in [0.15, 0.2) is 53.4 Å². The average Bonchev–Trinajstić information content (AvgIpc) is 2.84. The Bertz CT molecular complexity index is 1020. The first kappa shape index (κ1) is 26.2. The number of aryl methyl sites for hydroxylation is 1. The molecule has 1 aliphatic heterocycles. The molecule has 9 heteroatoms. The average molecular weight is 490 g/mol. The third kappa shape index (κ3) is 7.80. The van der Waals surface area contributed by atoms with Gasteiger partial charge in [0.05, 0.1) is 24.7 Å². The lowest BCUT2D eigenvalue weighted by Crippen LogP contribution is -2.48. The van der Waals surface area contributed by atoms with Crippen LogP contribution in [0, 0.1) is 6.92 Å². The van der Waals surface area contributed by atoms with E-state index in [0.29, 0.717) is 18.9 Å². The van der Waals surface area contributed by atoms with Crippen molar-refractivity contribution in [3.05, 3.63) is 59.7 Å². The van der Waals surface area contributed by atoms with E-state index < -0.39 is 16.1 Å². The van der Waals surface area contributed by atoms with Crippen LogP contribution in [-0.2, 0) is 26.0 Å². The summed E-state index contributed by atoms with van der Waals surface area (Å²) in [4.78, 5) is 15.4. The Labute approximate surface area is 202 Å². The molecule has 0 saturated carbocycles. The normalized spacial score (nSPS) is 15.6. The first-order chi connectivity index (χ1) is 16.4. The van der Waals surface area contributed by atoms with Gasteiger partial charge in [0.25, 0.3) is 0 Å². The molecule has 3 rings (SSSR count). The minimum Gasteiger partial charge on any atom is -0.494 e. The van der Waals surface area contributed by atoms with Crippen LogP contribution in [0.25, 0.3) is 0 Å². The van der Waals surface area contributed by atoms with Crippen LogP contribution in [0.5, 0.6) is 5.75 Å². The second kappa shape index (κ2) is 12.9. The van der Waals surface area contributed by atoms with Gasteiger partial charge in [0, 0.05) is 19.6 Å². The van der Waals surface area contributed by atoms with Crippen LogP contribution in [0.1, 0.15) is 24.5 Å². The lowest BCUT2D eigenvalue weighted by molar-refractivity contribution is -0.122. The minimum atomic E-state index is -3.92. The van der Waals surface area contributed by atoms with Gasteiger partial charge in [-0.1, -0.05) is 30.3 Å². The van der Waals surface area contributed by atoms with Crippen molar-refractivity contribution in [1.82, 2.24) is 14.9 Å². The summed E-state index contributed by atoms with van der Waals surface area (Å²) < 4.78 is 39.8. The maximum absolute atomic E-state index is 13.1. The number of amides is 1. The summed E-state index contributed by atoms with van der Waals surface area (Å²) in [7, 11) is -3.92. The van der Waals surface area contributed by atoms with Gasteiger partial charge >= 0.3 is 0 Å². The van der Waals surface area contributed by atoms with Crippen molar-refractivity contribution >= 4 is 15.9 Å². The van der Waals surface area contributed by atoms with E-state index in [1.165, 1.54) is 6.07 Å². The van der Waals surface area contributed by atoms with Gasteiger partial charge in [0.1, 0.15) is 11.8 Å². The molecule has 0 aromatic heterocycles. The largest absolute Gasteiger partial charge is 0.494 e. The number of morpholine rings is 1. The molecule has 1 heterocycles. The first-order valence-electron chi connectivity index (χ1n) is 11.8. The number of hydrogen-bond donors (Lipinski definition) is 2. The molecular weight excluding hydrogens is 454 g/mol. The number of sulfonamides is 1. The van der Waals surface area contributed by atoms with Gasteiger partial charge in [0.2, 0.25) is 15.9 Å². The summed E-state index contributed by atoms with van der Waals surface area (Å²) in [5, 5.41) is 2.91. The van der Waals surface area contributed by atoms with Crippen molar-refractivity contribution in [3.8, 4) is 5.75 Å². The summed E-state index contributed by atoms with van der Waals surface area (Å²) in [6, 6.07) is 13.2. The molecule has 1 aliphatic rings. The molecule has 1 fully saturated rings. The number of benzene rings is 2. The lowest BCUT2D eigenvalue weighted by atomic mass is 10.1. The smallest absolute Gasteiger partial charge is 0.241 e. The molecule has 0 unspecified atom stereocenters. The van der Waals surface area contributed by atoms with Crippen LogP contribution in [-0.4, -0.2) is 71.3 Å². The Hall–Kier alpha value is -2.46. The SMILES string of the molecule is CCOc1ccc(S(=O)(=O)N[C@@H](Cc2ccccc2)C(=O)NCCCN2CCOCC2)cc1C. The minimum absolute atomic E-state index is 0.103. The van der Waals surface area contributed by atoms with Gasteiger partial charge in [-0.2, -0.15) is 4.72 Å². The second-order valence-electron chi connectivity index (χ2n) is 8.32. The number of hydrogen-bond acceptors (Lipinski definition) is 6. The van der Waals surface area contributed by atoms with Crippen LogP contribution in [0.3, 0.4) is 0 Å². The van der Waals surface area contributed by atoms with Crippen LogP contribution < -0.4 is 14.8 Å². The van der Waals surface area contributed by atoms with E-state index in [-0.39, 0.29) is 17.2 Å². The standard InChI is InChI=1S/C25H35N3O5S/c1-3-33-24-11-10-22(18-20(24)2)34(30,31)27-23(19-21-8-5-4-6-9-21)25(29)26-12-7-13-28-14-16-32-17-15-28/h4-6,8-11,18,23,27H,3,7,12-17,19H2,1-2H3,(H,26,29)/t23-/m0/s1. The van der Waals surface area contributed by atoms with E-state index in [2.05, 4.69) is 14.9 Å². The quantitative estimate of drug-likeness (QED) is 0.444. The van der Waals surface area contributed by atoms with E-state index >= 15 is 0 Å². The third-order valence-electron chi connectivity index (χ3n) is 5.71. The highest BCUT2D eigenvalue weighted by Gasteiger charge is 2.26. The highest BCUT2D eigenvalue weighted by Crippen LogP contribution is 2.22. The van der Waals surface area contributed by atoms with Gasteiger partial charge < -0.3 is 14.8 Å². The fourth-order valence-electron chi connectivity index (χ4n) is 3.86. The maximum atomic E-state index is 13.1. The van der Waals surface area contributed by atoms with Crippen LogP contribution >= 0.6 is 0 Å². The van der Waals surface area contributed by atoms with E-state index in [4.69, 9.17) is 9.47 Å². The number of carbonyl (C=O) groups excluding carboxylic acids is 1. The molecule has 2 aromatic rings. The zero-order valence-electron chi connectivity index (χ0n) is 20.0. The number of rotatable bonds is 12. The molecular formula is C25H35N3O5S. The van der Waals surface area contributed by atoms with E-state index in [1.807, 2.05) is 37.3 Å². The molecule has 0 bridgehead atoms. The molecule has 0 radical (unpaired) electrons. The monoisotopic (exact) mass is 489 g/mol. The summed E-state index contributed by atoms with van der Waals surface area (Å²) in [5.41, 5.74) is 1.60. The zero-order valence-corrected chi connectivity index (χ0v) is 20.8. The summed E-state index contributed by atoms with van der Waals surface area (Å²) in [5.74, 6) is 0.303. The van der Waals surface area contributed by atoms with Crippen LogP contribution in [0.2, 0.25) is 0 Å². The second-order valence-corrected chi connectivity index (χ2v) is 10.0. The van der Waals surface area contributed by atoms with Crippen molar-refractivity contribution in [2.75, 3.05) is 46.0 Å². The molecule has 2 aromatic carbocycles. The molecule has 186 valence electrons. The number of carbonyl (C=O) groups is 1. The zero-order chi connectivity index (χ0) is 24.4. The van der Waals surface area contributed by atoms with E-state index in [9.17, 15) is 13.2 Å². The van der Waals surface area contributed by atoms with Crippen LogP contribution in [0.4, 0.5) is 0 Å². The first-order valence-corrected chi connectivity index (χ1v) is 13.2. The van der Waals surface area contributed by atoms with Crippen molar-refractivity contribution < 1.29 is 22.7 Å². The fourth-order valence-corrected chi connectivity index (χ4v) is 5.14. The summed E-state index contributed by atoms with van der Waals surface area (Å²) in [6.45, 7) is 8.77. The predicted octanol–water partition coefficient (Wildman–Crippen LogP) is 2.12. The van der Waals surface area contributed by atoms with Crippen molar-refractivity contribution in [2.45, 2.75) is 37.6 Å². The highest BCUT2D eigenvalue weighted by atomic mass is 32.2. The Morgan fingerprint density at radius 2 is 1.88 bits per heavy atom. The number of ether oxygens (including phenoxy) is 2. The molecule has 34 heavy (non-hydrogen) atoms. The highest BCUT2D eigenvalue weighted by molar-refractivity contribution is 7.89. The van der Waals surface area contributed by atoms with Gasteiger partial charge in [-0.05, 0) is 62.6 Å². The van der Waals surface area contributed by atoms with Crippen molar-refractivity contribution in [2.24, 2.45) is 0 Å². The molecule has 0 spiro atoms. The molecule has 2 N–H and O–H groups in total. The Balaban J connectivity index is 1.66. The number of nitrogens with zero attached hydrogens (tertiary/aromatic N) is 1. The van der Waals surface area contributed by atoms with Crippen molar-refractivity contribution in [3.63, 3.8) is 0 Å². The number of nitrogens with one attached hydrogen (secondary N) is 2. The van der Waals surface area contributed by atoms with Gasteiger partial charge in [-0.3, -0.25) is 9.69 Å². The topological polar surface area (TPSA) is 97.0 Å². The third-order valence-corrected chi connectivity index (χ3v) is 7.18. The molecule has 1 saturated heterocycles. The molecule has 0 aliphatic carbocycles. The lowest BCUT2D eigenvalue weighted by Gasteiger charge is -2.26. The summed E-state index contributed by atoms with van der Waals surface area (Å²) >= 11 is 0. The fraction of sp³-hybridized carbons (Fsp3) is 0.480. The Morgan fingerprint density at radius 1 is 1.15 bits per heavy atom. The molecule has 8 nitrogen and oxygen atoms in total. The molecule has 1 amide bonds. The van der Waals surface area contributed by atoms with Crippen molar-refractivity contribution in [1.29, 1.82) is 0 Å². The maximum Gasteiger partial charge on any atom is 0.241 e.